The zero-order valence-electron chi connectivity index (χ0n) is 12.2. The lowest BCUT2D eigenvalue weighted by atomic mass is 10.0. The van der Waals surface area contributed by atoms with Crippen LogP contribution in [0.2, 0.25) is 0 Å². The van der Waals surface area contributed by atoms with Crippen molar-refractivity contribution < 1.29 is 14.7 Å². The Morgan fingerprint density at radius 3 is 2.65 bits per heavy atom. The van der Waals surface area contributed by atoms with E-state index in [9.17, 15) is 4.79 Å². The molecule has 5 nitrogen and oxygen atoms in total. The van der Waals surface area contributed by atoms with Crippen molar-refractivity contribution in [3.05, 3.63) is 35.9 Å². The molecule has 0 heterocycles. The Labute approximate surface area is 119 Å². The Morgan fingerprint density at radius 2 is 2.10 bits per heavy atom. The van der Waals surface area contributed by atoms with Crippen LogP contribution >= 0.6 is 0 Å². The summed E-state index contributed by atoms with van der Waals surface area (Å²) in [6, 6.07) is 9.21. The van der Waals surface area contributed by atoms with Crippen LogP contribution in [0.15, 0.2) is 35.5 Å². The molecule has 0 unspecified atom stereocenters. The van der Waals surface area contributed by atoms with Crippen molar-refractivity contribution in [2.45, 2.75) is 38.8 Å². The van der Waals surface area contributed by atoms with Gasteiger partial charge in [0, 0.05) is 0 Å². The van der Waals surface area contributed by atoms with Gasteiger partial charge in [-0.05, 0) is 32.8 Å². The van der Waals surface area contributed by atoms with Crippen LogP contribution in [0.5, 0.6) is 0 Å². The van der Waals surface area contributed by atoms with Crippen molar-refractivity contribution in [3.63, 3.8) is 0 Å². The number of nitrogens with one attached hydrogen (secondary N) is 1. The van der Waals surface area contributed by atoms with Crippen LogP contribution in [0, 0.1) is 0 Å². The number of benzene rings is 1. The largest absolute Gasteiger partial charge is 0.465 e. The number of oxime groups is 1. The van der Waals surface area contributed by atoms with Crippen molar-refractivity contribution in [2.75, 3.05) is 6.61 Å². The lowest BCUT2D eigenvalue weighted by Crippen LogP contribution is -2.52. The molecule has 0 fully saturated rings. The quantitative estimate of drug-likeness (QED) is 0.346. The average molecular weight is 278 g/mol. The van der Waals surface area contributed by atoms with Gasteiger partial charge in [-0.3, -0.25) is 10.1 Å². The van der Waals surface area contributed by atoms with Gasteiger partial charge in [0.15, 0.2) is 0 Å². The fourth-order valence-corrected chi connectivity index (χ4v) is 1.92. The van der Waals surface area contributed by atoms with Crippen molar-refractivity contribution >= 4 is 12.2 Å². The predicted octanol–water partition coefficient (Wildman–Crippen LogP) is 1.99. The highest BCUT2D eigenvalue weighted by Gasteiger charge is 2.27. The first-order valence-corrected chi connectivity index (χ1v) is 6.65. The van der Waals surface area contributed by atoms with E-state index in [4.69, 9.17) is 9.94 Å². The summed E-state index contributed by atoms with van der Waals surface area (Å²) in [6.07, 6.45) is 1.87. The molecule has 20 heavy (non-hydrogen) atoms. The van der Waals surface area contributed by atoms with Crippen LogP contribution in [-0.2, 0) is 16.0 Å². The maximum atomic E-state index is 12.0. The average Bonchev–Trinajstić information content (AvgIpc) is 2.39. The zero-order valence-corrected chi connectivity index (χ0v) is 12.2. The molecule has 0 aliphatic rings. The molecule has 0 aliphatic carbocycles. The fraction of sp³-hybridized carbons (Fsp3) is 0.467. The first-order chi connectivity index (χ1) is 9.48. The Balaban J connectivity index is 2.83. The SMILES string of the molecule is CCOC(=O)[C@H](Cc1ccccc1)NC(C)(C)/C=N\O. The molecule has 1 aromatic carbocycles. The lowest BCUT2D eigenvalue weighted by Gasteiger charge is -2.27. The molecule has 0 aliphatic heterocycles. The fourth-order valence-electron chi connectivity index (χ4n) is 1.92. The maximum Gasteiger partial charge on any atom is 0.323 e. The standard InChI is InChI=1S/C15H22N2O3/c1-4-20-14(18)13(17-15(2,3)11-16-19)10-12-8-6-5-7-9-12/h5-9,11,13,17,19H,4,10H2,1-3H3/b16-11-/t13-/m0/s1. The van der Waals surface area contributed by atoms with Gasteiger partial charge >= 0.3 is 5.97 Å². The van der Waals surface area contributed by atoms with Crippen molar-refractivity contribution in [1.82, 2.24) is 5.32 Å². The molecule has 0 amide bonds. The van der Waals surface area contributed by atoms with Crippen molar-refractivity contribution in [3.8, 4) is 0 Å². The molecule has 110 valence electrons. The summed E-state index contributed by atoms with van der Waals surface area (Å²) in [4.78, 5) is 12.0. The van der Waals surface area contributed by atoms with Crippen LogP contribution in [0.4, 0.5) is 0 Å². The molecular weight excluding hydrogens is 256 g/mol. The Hall–Kier alpha value is -1.88. The van der Waals surface area contributed by atoms with E-state index in [1.807, 2.05) is 44.2 Å². The number of esters is 1. The van der Waals surface area contributed by atoms with E-state index >= 15 is 0 Å². The van der Waals surface area contributed by atoms with Gasteiger partial charge in [-0.25, -0.2) is 0 Å². The van der Waals surface area contributed by atoms with E-state index in [0.717, 1.165) is 5.56 Å². The molecule has 0 bridgehead atoms. The number of hydrogen-bond donors (Lipinski definition) is 2. The maximum absolute atomic E-state index is 12.0. The van der Waals surface area contributed by atoms with E-state index in [2.05, 4.69) is 10.5 Å². The number of hydrogen-bond acceptors (Lipinski definition) is 5. The Bertz CT molecular complexity index is 444. The minimum absolute atomic E-state index is 0.309. The monoisotopic (exact) mass is 278 g/mol. The first-order valence-electron chi connectivity index (χ1n) is 6.65. The Morgan fingerprint density at radius 1 is 1.45 bits per heavy atom. The summed E-state index contributed by atoms with van der Waals surface area (Å²) in [7, 11) is 0. The smallest absolute Gasteiger partial charge is 0.323 e. The molecule has 1 aromatic rings. The highest BCUT2D eigenvalue weighted by Crippen LogP contribution is 2.09. The second-order valence-corrected chi connectivity index (χ2v) is 5.10. The van der Waals surface area contributed by atoms with E-state index < -0.39 is 11.6 Å². The molecule has 2 N–H and O–H groups in total. The highest BCUT2D eigenvalue weighted by atomic mass is 16.5. The highest BCUT2D eigenvalue weighted by molar-refractivity contribution is 5.78. The van der Waals surface area contributed by atoms with Gasteiger partial charge in [-0.15, -0.1) is 5.16 Å². The molecule has 0 radical (unpaired) electrons. The van der Waals surface area contributed by atoms with Gasteiger partial charge in [-0.1, -0.05) is 30.3 Å². The number of nitrogens with zero attached hydrogens (tertiary/aromatic N) is 1. The molecule has 1 rings (SSSR count). The van der Waals surface area contributed by atoms with Gasteiger partial charge in [0.2, 0.25) is 0 Å². The van der Waals surface area contributed by atoms with Gasteiger partial charge < -0.3 is 9.94 Å². The number of carbonyl (C=O) groups excluding carboxylic acids is 1. The molecule has 0 aromatic heterocycles. The first kappa shape index (κ1) is 16.2. The van der Waals surface area contributed by atoms with Crippen LogP contribution in [0.25, 0.3) is 0 Å². The topological polar surface area (TPSA) is 70.9 Å². The minimum atomic E-state index is -0.610. The van der Waals surface area contributed by atoms with Crippen LogP contribution in [0.1, 0.15) is 26.3 Å². The lowest BCUT2D eigenvalue weighted by molar-refractivity contribution is -0.146. The molecule has 0 spiro atoms. The summed E-state index contributed by atoms with van der Waals surface area (Å²) >= 11 is 0. The van der Waals surface area contributed by atoms with E-state index in [1.54, 1.807) is 6.92 Å². The van der Waals surface area contributed by atoms with E-state index in [0.29, 0.717) is 13.0 Å². The van der Waals surface area contributed by atoms with Crippen molar-refractivity contribution in [1.29, 1.82) is 0 Å². The van der Waals surface area contributed by atoms with Crippen LogP contribution in [0.3, 0.4) is 0 Å². The third-order valence-corrected chi connectivity index (χ3v) is 2.78. The molecule has 0 saturated carbocycles. The summed E-state index contributed by atoms with van der Waals surface area (Å²) in [5.41, 5.74) is 0.427. The normalized spacial score (nSPS) is 13.3. The van der Waals surface area contributed by atoms with Gasteiger partial charge in [0.1, 0.15) is 6.04 Å². The number of ether oxygens (including phenoxy) is 1. The van der Waals surface area contributed by atoms with Crippen LogP contribution in [-0.4, -0.2) is 35.6 Å². The molecular formula is C15H22N2O3. The third-order valence-electron chi connectivity index (χ3n) is 2.78. The summed E-state index contributed by atoms with van der Waals surface area (Å²) in [5.74, 6) is -0.309. The second-order valence-electron chi connectivity index (χ2n) is 5.10. The number of carbonyl (C=O) groups is 1. The van der Waals surface area contributed by atoms with Gasteiger partial charge in [0.05, 0.1) is 18.4 Å². The summed E-state index contributed by atoms with van der Waals surface area (Å²) in [5, 5.41) is 14.8. The Kier molecular flexibility index (Phi) is 6.18. The third kappa shape index (κ3) is 5.40. The van der Waals surface area contributed by atoms with E-state index in [1.165, 1.54) is 6.21 Å². The van der Waals surface area contributed by atoms with Crippen molar-refractivity contribution in [2.24, 2.45) is 5.16 Å². The summed E-state index contributed by atoms with van der Waals surface area (Å²) in [6.45, 7) is 5.76. The molecule has 1 atom stereocenters. The summed E-state index contributed by atoms with van der Waals surface area (Å²) < 4.78 is 5.09. The van der Waals surface area contributed by atoms with Gasteiger partial charge in [-0.2, -0.15) is 0 Å². The van der Waals surface area contributed by atoms with Gasteiger partial charge in [0.25, 0.3) is 0 Å². The van der Waals surface area contributed by atoms with Crippen LogP contribution < -0.4 is 5.32 Å². The second kappa shape index (κ2) is 7.65. The molecule has 5 heteroatoms. The number of rotatable bonds is 7. The molecule has 0 saturated heterocycles. The predicted molar refractivity (Wildman–Crippen MR) is 78.1 cm³/mol. The zero-order chi connectivity index (χ0) is 15.0. The minimum Gasteiger partial charge on any atom is -0.465 e. The van der Waals surface area contributed by atoms with E-state index in [-0.39, 0.29) is 5.97 Å².